The number of benzene rings is 3. The van der Waals surface area contributed by atoms with Crippen LogP contribution in [0.2, 0.25) is 0 Å². The Bertz CT molecular complexity index is 1290. The topological polar surface area (TPSA) is 59.0 Å². The van der Waals surface area contributed by atoms with Crippen LogP contribution in [0.25, 0.3) is 33.2 Å². The van der Waals surface area contributed by atoms with Crippen LogP contribution in [0, 0.1) is 6.92 Å². The number of ether oxygens (including phenoxy) is 5. The highest BCUT2D eigenvalue weighted by Gasteiger charge is 2.17. The van der Waals surface area contributed by atoms with Gasteiger partial charge in [-0.15, -0.1) is 0 Å². The molecule has 0 spiro atoms. The normalized spacial score (nSPS) is 10.7. The van der Waals surface area contributed by atoms with Crippen LogP contribution in [-0.4, -0.2) is 40.5 Å². The van der Waals surface area contributed by atoms with E-state index >= 15 is 0 Å². The van der Waals surface area contributed by atoms with Gasteiger partial charge in [-0.25, -0.2) is 0 Å². The van der Waals surface area contributed by atoms with Crippen LogP contribution in [-0.2, 0) is 0 Å². The molecule has 170 valence electrons. The fourth-order valence-corrected chi connectivity index (χ4v) is 3.99. The molecule has 0 aliphatic rings. The van der Waals surface area contributed by atoms with Crippen molar-refractivity contribution in [3.8, 4) is 51.0 Å². The van der Waals surface area contributed by atoms with E-state index in [1.165, 1.54) is 0 Å². The Morgan fingerprint density at radius 2 is 1.18 bits per heavy atom. The maximum absolute atomic E-state index is 5.59. The van der Waals surface area contributed by atoms with E-state index in [1.807, 2.05) is 43.3 Å². The smallest absolute Gasteiger partial charge is 0.203 e. The summed E-state index contributed by atoms with van der Waals surface area (Å²) in [5, 5.41) is 1.03. The van der Waals surface area contributed by atoms with Gasteiger partial charge >= 0.3 is 0 Å². The van der Waals surface area contributed by atoms with Gasteiger partial charge in [-0.05, 0) is 71.6 Å². The summed E-state index contributed by atoms with van der Waals surface area (Å²) in [6, 6.07) is 18.1. The van der Waals surface area contributed by atoms with Gasteiger partial charge in [0.05, 0.1) is 41.1 Å². The van der Waals surface area contributed by atoms with Crippen molar-refractivity contribution in [3.63, 3.8) is 0 Å². The van der Waals surface area contributed by atoms with Gasteiger partial charge in [0.2, 0.25) is 5.75 Å². The molecule has 3 aromatic carbocycles. The van der Waals surface area contributed by atoms with Crippen molar-refractivity contribution in [3.05, 3.63) is 60.3 Å². The average molecular weight is 446 g/mol. The van der Waals surface area contributed by atoms with E-state index in [1.54, 1.807) is 35.5 Å². The van der Waals surface area contributed by atoms with Crippen LogP contribution >= 0.6 is 0 Å². The Morgan fingerprint density at radius 3 is 1.79 bits per heavy atom. The summed E-state index contributed by atoms with van der Waals surface area (Å²) in [5.74, 6) is 3.09. The van der Waals surface area contributed by atoms with Crippen LogP contribution in [0.4, 0.5) is 0 Å². The lowest BCUT2D eigenvalue weighted by Crippen LogP contribution is -1.96. The summed E-state index contributed by atoms with van der Waals surface area (Å²) >= 11 is 0. The van der Waals surface area contributed by atoms with Gasteiger partial charge < -0.3 is 23.7 Å². The Kier molecular flexibility index (Phi) is 6.27. The number of pyridine rings is 1. The zero-order chi connectivity index (χ0) is 23.5. The molecule has 0 saturated heterocycles. The number of fused-ring (bicyclic) bond motifs is 1. The molecule has 4 rings (SSSR count). The van der Waals surface area contributed by atoms with Crippen LogP contribution in [0.1, 0.15) is 5.69 Å². The van der Waals surface area contributed by atoms with Crippen LogP contribution < -0.4 is 23.7 Å². The van der Waals surface area contributed by atoms with E-state index in [0.29, 0.717) is 28.7 Å². The van der Waals surface area contributed by atoms with E-state index in [2.05, 4.69) is 18.2 Å². The van der Waals surface area contributed by atoms with Crippen LogP contribution in [0.3, 0.4) is 0 Å². The lowest BCUT2D eigenvalue weighted by molar-refractivity contribution is 0.324. The molecule has 0 saturated carbocycles. The molecule has 0 unspecified atom stereocenters. The number of methoxy groups -OCH3 is 5. The van der Waals surface area contributed by atoms with Crippen molar-refractivity contribution >= 4 is 10.9 Å². The number of hydrogen-bond donors (Lipinski definition) is 0. The molecule has 6 heteroatoms. The van der Waals surface area contributed by atoms with E-state index in [4.69, 9.17) is 28.7 Å². The first-order valence-corrected chi connectivity index (χ1v) is 10.5. The second-order valence-corrected chi connectivity index (χ2v) is 7.53. The highest BCUT2D eigenvalue weighted by atomic mass is 16.5. The molecule has 0 fully saturated rings. The first-order chi connectivity index (χ1) is 16.0. The summed E-state index contributed by atoms with van der Waals surface area (Å²) in [4.78, 5) is 4.80. The largest absolute Gasteiger partial charge is 0.493 e. The summed E-state index contributed by atoms with van der Waals surface area (Å²) < 4.78 is 27.6. The molecule has 33 heavy (non-hydrogen) atoms. The average Bonchev–Trinajstić information content (AvgIpc) is 2.86. The monoisotopic (exact) mass is 445 g/mol. The lowest BCUT2D eigenvalue weighted by atomic mass is 9.94. The van der Waals surface area contributed by atoms with Gasteiger partial charge in [0.15, 0.2) is 23.0 Å². The molecule has 0 bridgehead atoms. The van der Waals surface area contributed by atoms with Crippen LogP contribution in [0.5, 0.6) is 28.7 Å². The third-order valence-electron chi connectivity index (χ3n) is 5.64. The molecule has 0 atom stereocenters. The molecular formula is C27H27NO5. The SMILES string of the molecule is COc1ccc(-c2cc(-c3cc(OC)c(OC)c(OC)c3)c3ccc(C)nc3c2)cc1OC. The Morgan fingerprint density at radius 1 is 0.545 bits per heavy atom. The van der Waals surface area contributed by atoms with Crippen molar-refractivity contribution in [1.82, 2.24) is 4.98 Å². The van der Waals surface area contributed by atoms with Crippen molar-refractivity contribution in [1.29, 1.82) is 0 Å². The zero-order valence-electron chi connectivity index (χ0n) is 19.7. The summed E-state index contributed by atoms with van der Waals surface area (Å²) in [6.07, 6.45) is 0. The van der Waals surface area contributed by atoms with Crippen molar-refractivity contribution in [2.24, 2.45) is 0 Å². The predicted octanol–water partition coefficient (Wildman–Crippen LogP) is 5.92. The second kappa shape index (κ2) is 9.28. The summed E-state index contributed by atoms with van der Waals surface area (Å²) in [6.45, 7) is 1.99. The minimum absolute atomic E-state index is 0.554. The summed E-state index contributed by atoms with van der Waals surface area (Å²) in [7, 11) is 8.09. The van der Waals surface area contributed by atoms with Gasteiger partial charge in [0.25, 0.3) is 0 Å². The molecule has 6 nitrogen and oxygen atoms in total. The minimum atomic E-state index is 0.554. The number of hydrogen-bond acceptors (Lipinski definition) is 6. The maximum atomic E-state index is 5.59. The molecule has 0 aliphatic heterocycles. The molecule has 4 aromatic rings. The van der Waals surface area contributed by atoms with Gasteiger partial charge in [-0.1, -0.05) is 12.1 Å². The van der Waals surface area contributed by atoms with Crippen molar-refractivity contribution < 1.29 is 23.7 Å². The fraction of sp³-hybridized carbons (Fsp3) is 0.222. The van der Waals surface area contributed by atoms with E-state index in [-0.39, 0.29) is 0 Å². The molecule has 0 radical (unpaired) electrons. The number of nitrogens with zero attached hydrogens (tertiary/aromatic N) is 1. The van der Waals surface area contributed by atoms with Gasteiger partial charge in [-0.3, -0.25) is 4.98 Å². The Hall–Kier alpha value is -3.93. The zero-order valence-corrected chi connectivity index (χ0v) is 19.7. The minimum Gasteiger partial charge on any atom is -0.493 e. The standard InChI is InChI=1S/C27H27NO5/c1-16-7-9-20-21(19-14-25(31-4)27(33-6)26(15-19)32-5)11-18(12-22(20)28-16)17-8-10-23(29-2)24(13-17)30-3/h7-15H,1-6H3. The van der Waals surface area contributed by atoms with Gasteiger partial charge in [0.1, 0.15) is 0 Å². The molecule has 0 aliphatic carbocycles. The summed E-state index contributed by atoms with van der Waals surface area (Å²) in [5.41, 5.74) is 5.78. The fourth-order valence-electron chi connectivity index (χ4n) is 3.99. The predicted molar refractivity (Wildman–Crippen MR) is 130 cm³/mol. The first kappa shape index (κ1) is 22.3. The van der Waals surface area contributed by atoms with E-state index in [0.717, 1.165) is 38.9 Å². The molecule has 0 N–H and O–H groups in total. The van der Waals surface area contributed by atoms with E-state index in [9.17, 15) is 0 Å². The van der Waals surface area contributed by atoms with E-state index < -0.39 is 0 Å². The van der Waals surface area contributed by atoms with Gasteiger partial charge in [0, 0.05) is 11.1 Å². The van der Waals surface area contributed by atoms with Crippen LogP contribution in [0.15, 0.2) is 54.6 Å². The molecule has 1 aromatic heterocycles. The highest BCUT2D eigenvalue weighted by Crippen LogP contribution is 2.44. The number of aryl methyl sites for hydroxylation is 1. The molecular weight excluding hydrogens is 418 g/mol. The van der Waals surface area contributed by atoms with Gasteiger partial charge in [-0.2, -0.15) is 0 Å². The quantitative estimate of drug-likeness (QED) is 0.352. The molecule has 0 amide bonds. The van der Waals surface area contributed by atoms with Crippen molar-refractivity contribution in [2.75, 3.05) is 35.5 Å². The Balaban J connectivity index is 2.00. The molecule has 1 heterocycles. The number of aromatic nitrogens is 1. The number of rotatable bonds is 7. The third-order valence-corrected chi connectivity index (χ3v) is 5.64. The lowest BCUT2D eigenvalue weighted by Gasteiger charge is -2.17. The Labute approximate surface area is 193 Å². The first-order valence-electron chi connectivity index (χ1n) is 10.5. The van der Waals surface area contributed by atoms with Crippen molar-refractivity contribution in [2.45, 2.75) is 6.92 Å². The maximum Gasteiger partial charge on any atom is 0.203 e. The highest BCUT2D eigenvalue weighted by molar-refractivity contribution is 5.99. The third kappa shape index (κ3) is 4.12. The second-order valence-electron chi connectivity index (χ2n) is 7.53.